The highest BCUT2D eigenvalue weighted by Crippen LogP contribution is 2.49. The summed E-state index contributed by atoms with van der Waals surface area (Å²) in [5, 5.41) is 2.53. The van der Waals surface area contributed by atoms with Crippen LogP contribution in [0.4, 0.5) is 0 Å². The molecule has 1 heterocycles. The number of carbonyl (C=O) groups excluding carboxylic acids is 1. The molecule has 3 aliphatic rings. The molecule has 2 saturated carbocycles. The predicted octanol–water partition coefficient (Wildman–Crippen LogP) is 4.43. The molecule has 0 saturated heterocycles. The minimum Gasteiger partial charge on any atom is -0.462 e. The van der Waals surface area contributed by atoms with E-state index in [1.807, 2.05) is 17.8 Å². The molecule has 24 heavy (non-hydrogen) atoms. The van der Waals surface area contributed by atoms with Gasteiger partial charge in [-0.25, -0.2) is 0 Å². The van der Waals surface area contributed by atoms with E-state index >= 15 is 0 Å². The number of carbonyl (C=O) groups is 1. The van der Waals surface area contributed by atoms with Crippen LogP contribution in [-0.2, 0) is 9.53 Å². The molecule has 3 rings (SSSR count). The lowest BCUT2D eigenvalue weighted by Gasteiger charge is -2.45. The molecule has 134 valence electrons. The first-order chi connectivity index (χ1) is 11.7. The molecule has 2 fully saturated rings. The van der Waals surface area contributed by atoms with Gasteiger partial charge in [0.25, 0.3) is 0 Å². The van der Waals surface area contributed by atoms with Crippen LogP contribution in [-0.4, -0.2) is 23.9 Å². The topological polar surface area (TPSA) is 52.3 Å². The zero-order valence-electron chi connectivity index (χ0n) is 14.6. The van der Waals surface area contributed by atoms with Gasteiger partial charge < -0.3 is 10.5 Å². The lowest BCUT2D eigenvalue weighted by Crippen LogP contribution is -2.49. The summed E-state index contributed by atoms with van der Waals surface area (Å²) in [6.45, 7) is 4.56. The molecule has 0 spiro atoms. The van der Waals surface area contributed by atoms with Crippen molar-refractivity contribution in [3.8, 4) is 0 Å². The third kappa shape index (κ3) is 3.45. The quantitative estimate of drug-likeness (QED) is 0.438. The van der Waals surface area contributed by atoms with Crippen molar-refractivity contribution in [2.45, 2.75) is 69.1 Å². The van der Waals surface area contributed by atoms with Crippen LogP contribution >= 0.6 is 11.8 Å². The zero-order valence-corrected chi connectivity index (χ0v) is 15.4. The number of hydrogen-bond acceptors (Lipinski definition) is 4. The van der Waals surface area contributed by atoms with Gasteiger partial charge in [-0.3, -0.25) is 4.79 Å². The number of rotatable bonds is 6. The number of hydrogen-bond donors (Lipinski definition) is 1. The number of esters is 1. The highest BCUT2D eigenvalue weighted by atomic mass is 32.2. The van der Waals surface area contributed by atoms with Gasteiger partial charge in [-0.15, -0.1) is 18.3 Å². The summed E-state index contributed by atoms with van der Waals surface area (Å²) in [6.07, 6.45) is 13.9. The summed E-state index contributed by atoms with van der Waals surface area (Å²) in [7, 11) is 0. The molecule has 4 atom stereocenters. The molecular formula is C20H31NO2S. The molecule has 0 aromatic rings. The SMILES string of the molecule is C=CC1C[C@H](OC(=O)C2(C3CC=CS3)CCCCCC2)C1CCN. The number of ether oxygens (including phenoxy) is 1. The largest absolute Gasteiger partial charge is 0.462 e. The first-order valence-electron chi connectivity index (χ1n) is 9.55. The molecule has 0 aromatic heterocycles. The monoisotopic (exact) mass is 349 g/mol. The molecule has 3 unspecified atom stereocenters. The maximum absolute atomic E-state index is 13.3. The van der Waals surface area contributed by atoms with Gasteiger partial charge >= 0.3 is 5.97 Å². The van der Waals surface area contributed by atoms with Gasteiger partial charge in [0.05, 0.1) is 5.41 Å². The van der Waals surface area contributed by atoms with Crippen molar-refractivity contribution in [3.63, 3.8) is 0 Å². The molecule has 0 amide bonds. The van der Waals surface area contributed by atoms with Crippen LogP contribution < -0.4 is 5.73 Å². The van der Waals surface area contributed by atoms with Gasteiger partial charge in [0, 0.05) is 11.2 Å². The summed E-state index contributed by atoms with van der Waals surface area (Å²) < 4.78 is 6.11. The zero-order chi connectivity index (χ0) is 17.0. The van der Waals surface area contributed by atoms with E-state index in [1.54, 1.807) is 0 Å². The van der Waals surface area contributed by atoms with Crippen molar-refractivity contribution >= 4 is 17.7 Å². The Morgan fingerprint density at radius 1 is 1.33 bits per heavy atom. The van der Waals surface area contributed by atoms with E-state index in [0.717, 1.165) is 44.9 Å². The van der Waals surface area contributed by atoms with E-state index in [0.29, 0.717) is 23.6 Å². The van der Waals surface area contributed by atoms with E-state index in [1.165, 1.54) is 12.8 Å². The Balaban J connectivity index is 1.70. The van der Waals surface area contributed by atoms with Crippen LogP contribution in [0, 0.1) is 17.3 Å². The van der Waals surface area contributed by atoms with Gasteiger partial charge in [0.15, 0.2) is 0 Å². The normalized spacial score (nSPS) is 35.0. The fourth-order valence-corrected chi connectivity index (χ4v) is 5.94. The molecular weight excluding hydrogens is 318 g/mol. The third-order valence-electron chi connectivity index (χ3n) is 6.30. The lowest BCUT2D eigenvalue weighted by molar-refractivity contribution is -0.175. The van der Waals surface area contributed by atoms with E-state index < -0.39 is 0 Å². The van der Waals surface area contributed by atoms with Crippen LogP contribution in [0.15, 0.2) is 24.1 Å². The number of thioether (sulfide) groups is 1. The van der Waals surface area contributed by atoms with Gasteiger partial charge in [-0.1, -0.05) is 37.8 Å². The highest BCUT2D eigenvalue weighted by molar-refractivity contribution is 8.03. The van der Waals surface area contributed by atoms with Crippen molar-refractivity contribution in [1.29, 1.82) is 0 Å². The van der Waals surface area contributed by atoms with Crippen molar-refractivity contribution in [2.75, 3.05) is 6.54 Å². The van der Waals surface area contributed by atoms with Gasteiger partial charge in [0.1, 0.15) is 6.10 Å². The molecule has 1 aliphatic heterocycles. The lowest BCUT2D eigenvalue weighted by atomic mass is 9.69. The summed E-state index contributed by atoms with van der Waals surface area (Å²) >= 11 is 1.84. The molecule has 0 radical (unpaired) electrons. The predicted molar refractivity (Wildman–Crippen MR) is 101 cm³/mol. The summed E-state index contributed by atoms with van der Waals surface area (Å²) in [5.74, 6) is 0.896. The first kappa shape index (κ1) is 18.1. The van der Waals surface area contributed by atoms with Crippen LogP contribution in [0.25, 0.3) is 0 Å². The third-order valence-corrected chi connectivity index (χ3v) is 7.62. The molecule has 4 heteroatoms. The van der Waals surface area contributed by atoms with E-state index in [2.05, 4.69) is 18.1 Å². The number of nitrogens with two attached hydrogens (primary N) is 1. The standard InChI is InChI=1S/C20H31NO2S/c1-2-15-14-17(16(15)9-12-21)23-19(22)20(18-8-7-13-24-18)10-5-3-4-6-11-20/h2,7,13,15-18H,1,3-6,8-12,14,21H2/t15?,16?,17-,18?/m0/s1. The Morgan fingerprint density at radius 2 is 2.08 bits per heavy atom. The van der Waals surface area contributed by atoms with Crippen LogP contribution in [0.2, 0.25) is 0 Å². The molecule has 3 nitrogen and oxygen atoms in total. The fourth-order valence-electron chi connectivity index (χ4n) is 4.71. The Hall–Kier alpha value is -0.740. The smallest absolute Gasteiger partial charge is 0.313 e. The van der Waals surface area contributed by atoms with Crippen molar-refractivity contribution in [1.82, 2.24) is 0 Å². The minimum atomic E-state index is -0.281. The summed E-state index contributed by atoms with van der Waals surface area (Å²) in [5.41, 5.74) is 5.47. The fraction of sp³-hybridized carbons (Fsp3) is 0.750. The number of allylic oxidation sites excluding steroid dienone is 2. The Kier molecular flexibility index (Phi) is 6.09. The second-order valence-electron chi connectivity index (χ2n) is 7.62. The van der Waals surface area contributed by atoms with Gasteiger partial charge in [-0.05, 0) is 50.0 Å². The first-order valence-corrected chi connectivity index (χ1v) is 10.5. The van der Waals surface area contributed by atoms with Gasteiger partial charge in [-0.2, -0.15) is 0 Å². The maximum Gasteiger partial charge on any atom is 0.313 e. The summed E-state index contributed by atoms with van der Waals surface area (Å²) in [6, 6.07) is 0. The summed E-state index contributed by atoms with van der Waals surface area (Å²) in [4.78, 5) is 13.3. The second kappa shape index (κ2) is 8.09. The van der Waals surface area contributed by atoms with Crippen LogP contribution in [0.1, 0.15) is 57.8 Å². The molecule has 0 bridgehead atoms. The Bertz CT molecular complexity index is 474. The second-order valence-corrected chi connectivity index (χ2v) is 8.74. The van der Waals surface area contributed by atoms with E-state index in [-0.39, 0.29) is 17.5 Å². The highest BCUT2D eigenvalue weighted by Gasteiger charge is 2.50. The van der Waals surface area contributed by atoms with Crippen molar-refractivity contribution in [3.05, 3.63) is 24.1 Å². The molecule has 2 N–H and O–H groups in total. The van der Waals surface area contributed by atoms with Crippen LogP contribution in [0.5, 0.6) is 0 Å². The van der Waals surface area contributed by atoms with Crippen molar-refractivity contribution < 1.29 is 9.53 Å². The Labute approximate surface area is 150 Å². The average molecular weight is 350 g/mol. The van der Waals surface area contributed by atoms with E-state index in [4.69, 9.17) is 10.5 Å². The molecule has 2 aliphatic carbocycles. The molecule has 0 aromatic carbocycles. The minimum absolute atomic E-state index is 0.0449. The van der Waals surface area contributed by atoms with Crippen molar-refractivity contribution in [2.24, 2.45) is 23.0 Å². The van der Waals surface area contributed by atoms with Gasteiger partial charge in [0.2, 0.25) is 0 Å². The van der Waals surface area contributed by atoms with E-state index in [9.17, 15) is 4.79 Å². The maximum atomic E-state index is 13.3. The Morgan fingerprint density at radius 3 is 2.67 bits per heavy atom. The average Bonchev–Trinajstić information content (AvgIpc) is 3.01. The van der Waals surface area contributed by atoms with Crippen LogP contribution in [0.3, 0.4) is 0 Å².